The molecule has 0 saturated carbocycles. The number of hydrogen-bond acceptors (Lipinski definition) is 4. The summed E-state index contributed by atoms with van der Waals surface area (Å²) in [6, 6.07) is 19.5. The van der Waals surface area contributed by atoms with Crippen LogP contribution in [-0.2, 0) is 19.4 Å². The molecular weight excluding hydrogens is 412 g/mol. The molecule has 4 heteroatoms. The number of aromatic nitrogens is 1. The van der Waals surface area contributed by atoms with Gasteiger partial charge in [0.15, 0.2) is 0 Å². The van der Waals surface area contributed by atoms with Gasteiger partial charge in [-0.05, 0) is 61.9 Å². The number of fused-ring (bicyclic) bond motifs is 1. The molecule has 0 bridgehead atoms. The molecule has 0 unspecified atom stereocenters. The quantitative estimate of drug-likeness (QED) is 0.332. The molecule has 0 aliphatic carbocycles. The number of rotatable bonds is 5. The molecule has 0 spiro atoms. The molecule has 4 aromatic rings. The number of oxazole rings is 1. The third-order valence-corrected chi connectivity index (χ3v) is 7.94. The molecule has 0 saturated heterocycles. The lowest BCUT2D eigenvalue weighted by molar-refractivity contribution is 0.204. The zero-order valence-corrected chi connectivity index (χ0v) is 20.1. The van der Waals surface area contributed by atoms with Crippen molar-refractivity contribution >= 4 is 11.3 Å². The van der Waals surface area contributed by atoms with E-state index in [-0.39, 0.29) is 6.04 Å². The van der Waals surface area contributed by atoms with Crippen LogP contribution in [0, 0.1) is 20.8 Å². The summed E-state index contributed by atoms with van der Waals surface area (Å²) in [6.07, 6.45) is 2.22. The maximum atomic E-state index is 6.14. The zero-order valence-electron chi connectivity index (χ0n) is 19.3. The van der Waals surface area contributed by atoms with Crippen LogP contribution in [0.1, 0.15) is 56.4 Å². The van der Waals surface area contributed by atoms with Crippen LogP contribution in [0.4, 0.5) is 0 Å². The molecule has 1 atom stereocenters. The summed E-state index contributed by atoms with van der Waals surface area (Å²) in [5.74, 6) is 1.64. The fourth-order valence-corrected chi connectivity index (χ4v) is 6.49. The second kappa shape index (κ2) is 8.68. The van der Waals surface area contributed by atoms with Crippen LogP contribution in [0.5, 0.6) is 0 Å². The first-order chi connectivity index (χ1) is 15.6. The van der Waals surface area contributed by atoms with E-state index in [0.29, 0.717) is 0 Å². The molecule has 0 fully saturated rings. The maximum absolute atomic E-state index is 6.14. The Bertz CT molecular complexity index is 1240. The van der Waals surface area contributed by atoms with Crippen LogP contribution in [0.3, 0.4) is 0 Å². The van der Waals surface area contributed by atoms with E-state index in [1.807, 2.05) is 24.3 Å². The number of nitrogens with zero attached hydrogens (tertiary/aromatic N) is 2. The molecule has 164 valence electrons. The van der Waals surface area contributed by atoms with Crippen LogP contribution in [0.15, 0.2) is 59.0 Å². The number of thiophene rings is 1. The lowest BCUT2D eigenvalue weighted by Gasteiger charge is -2.36. The summed E-state index contributed by atoms with van der Waals surface area (Å²) < 4.78 is 6.14. The summed E-state index contributed by atoms with van der Waals surface area (Å²) in [4.78, 5) is 10.5. The molecular formula is C28H30N2OS. The van der Waals surface area contributed by atoms with Gasteiger partial charge >= 0.3 is 0 Å². The molecule has 1 aliphatic heterocycles. The predicted molar refractivity (Wildman–Crippen MR) is 132 cm³/mol. The van der Waals surface area contributed by atoms with Gasteiger partial charge in [-0.3, -0.25) is 4.90 Å². The van der Waals surface area contributed by atoms with Crippen molar-refractivity contribution in [2.75, 3.05) is 6.54 Å². The van der Waals surface area contributed by atoms with Crippen LogP contribution >= 0.6 is 11.3 Å². The van der Waals surface area contributed by atoms with Gasteiger partial charge in [0.1, 0.15) is 5.76 Å². The molecule has 32 heavy (non-hydrogen) atoms. The highest BCUT2D eigenvalue weighted by Crippen LogP contribution is 2.43. The first kappa shape index (κ1) is 21.2. The van der Waals surface area contributed by atoms with Gasteiger partial charge in [0.2, 0.25) is 5.89 Å². The van der Waals surface area contributed by atoms with E-state index in [4.69, 9.17) is 9.40 Å². The Morgan fingerprint density at radius 1 is 1.03 bits per heavy atom. The third-order valence-electron chi connectivity index (χ3n) is 6.70. The second-order valence-corrected chi connectivity index (χ2v) is 9.96. The first-order valence-electron chi connectivity index (χ1n) is 11.5. The van der Waals surface area contributed by atoms with Gasteiger partial charge in [-0.15, -0.1) is 11.3 Å². The van der Waals surface area contributed by atoms with Gasteiger partial charge in [0.25, 0.3) is 0 Å². The van der Waals surface area contributed by atoms with Crippen LogP contribution in [-0.4, -0.2) is 16.4 Å². The lowest BCUT2D eigenvalue weighted by atomic mass is 9.91. The molecule has 0 radical (unpaired) electrons. The molecule has 3 nitrogen and oxygen atoms in total. The second-order valence-electron chi connectivity index (χ2n) is 8.70. The molecule has 2 aromatic carbocycles. The smallest absolute Gasteiger partial charge is 0.226 e. The van der Waals surface area contributed by atoms with E-state index >= 15 is 0 Å². The standard InChI is InChI=1S/C28H30N2OS/c1-5-22-20(4)32-27-24(22)15-16-30(26(27)21-12-7-6-8-13-21)17-25-19(3)31-28(29-25)23-14-10-9-11-18(23)2/h6-14,26H,5,15-17H2,1-4H3/t26-/m1/s1. The SMILES string of the molecule is CCc1c(C)sc2c1CCN(Cc1nc(-c3ccccc3C)oc1C)[C@@H]2c1ccccc1. The van der Waals surface area contributed by atoms with Crippen molar-refractivity contribution in [1.82, 2.24) is 9.88 Å². The Balaban J connectivity index is 1.52. The minimum Gasteiger partial charge on any atom is -0.441 e. The lowest BCUT2D eigenvalue weighted by Crippen LogP contribution is -2.35. The molecule has 0 N–H and O–H groups in total. The topological polar surface area (TPSA) is 29.3 Å². The molecule has 3 heterocycles. The number of hydrogen-bond donors (Lipinski definition) is 0. The summed E-state index contributed by atoms with van der Waals surface area (Å²) in [5, 5.41) is 0. The highest BCUT2D eigenvalue weighted by Gasteiger charge is 2.33. The Morgan fingerprint density at radius 2 is 1.78 bits per heavy atom. The van der Waals surface area contributed by atoms with E-state index in [2.05, 4.69) is 74.2 Å². The van der Waals surface area contributed by atoms with Gasteiger partial charge in [0, 0.05) is 28.4 Å². The van der Waals surface area contributed by atoms with Gasteiger partial charge < -0.3 is 4.42 Å². The van der Waals surface area contributed by atoms with E-state index in [0.717, 1.165) is 48.8 Å². The normalized spacial score (nSPS) is 16.3. The highest BCUT2D eigenvalue weighted by molar-refractivity contribution is 7.12. The van der Waals surface area contributed by atoms with Crippen molar-refractivity contribution < 1.29 is 4.42 Å². The maximum Gasteiger partial charge on any atom is 0.226 e. The summed E-state index contributed by atoms with van der Waals surface area (Å²) >= 11 is 1.98. The minimum absolute atomic E-state index is 0.266. The van der Waals surface area contributed by atoms with Crippen molar-refractivity contribution in [2.45, 2.75) is 53.1 Å². The first-order valence-corrected chi connectivity index (χ1v) is 12.3. The average molecular weight is 443 g/mol. The number of benzene rings is 2. The predicted octanol–water partition coefficient (Wildman–Crippen LogP) is 7.04. The molecule has 1 aliphatic rings. The molecule has 0 amide bonds. The molecule has 2 aromatic heterocycles. The summed E-state index contributed by atoms with van der Waals surface area (Å²) in [6.45, 7) is 10.5. The fourth-order valence-electron chi connectivity index (χ4n) is 5.02. The van der Waals surface area contributed by atoms with Crippen molar-refractivity contribution in [2.24, 2.45) is 0 Å². The van der Waals surface area contributed by atoms with Crippen molar-refractivity contribution in [1.29, 1.82) is 0 Å². The van der Waals surface area contributed by atoms with Crippen molar-refractivity contribution in [3.8, 4) is 11.5 Å². The highest BCUT2D eigenvalue weighted by atomic mass is 32.1. The van der Waals surface area contributed by atoms with E-state index in [9.17, 15) is 0 Å². The number of aryl methyl sites for hydroxylation is 3. The largest absolute Gasteiger partial charge is 0.441 e. The fraction of sp³-hybridized carbons (Fsp3) is 0.321. The van der Waals surface area contributed by atoms with Gasteiger partial charge in [-0.25, -0.2) is 4.98 Å². The Morgan fingerprint density at radius 3 is 2.53 bits per heavy atom. The van der Waals surface area contributed by atoms with Crippen LogP contribution in [0.2, 0.25) is 0 Å². The minimum atomic E-state index is 0.266. The van der Waals surface area contributed by atoms with Crippen LogP contribution < -0.4 is 0 Å². The molecule has 5 rings (SSSR count). The van der Waals surface area contributed by atoms with Crippen molar-refractivity contribution in [3.05, 3.63) is 98.1 Å². The Kier molecular flexibility index (Phi) is 5.75. The average Bonchev–Trinajstić information content (AvgIpc) is 3.32. The van der Waals surface area contributed by atoms with E-state index in [1.165, 1.54) is 20.9 Å². The Labute approximate surface area is 194 Å². The van der Waals surface area contributed by atoms with Crippen LogP contribution in [0.25, 0.3) is 11.5 Å². The summed E-state index contributed by atoms with van der Waals surface area (Å²) in [7, 11) is 0. The van der Waals surface area contributed by atoms with Gasteiger partial charge in [-0.1, -0.05) is 55.5 Å². The van der Waals surface area contributed by atoms with E-state index in [1.54, 1.807) is 11.1 Å². The third kappa shape index (κ3) is 3.72. The van der Waals surface area contributed by atoms with Gasteiger partial charge in [0.05, 0.1) is 11.7 Å². The zero-order chi connectivity index (χ0) is 22.2. The van der Waals surface area contributed by atoms with Crippen molar-refractivity contribution in [3.63, 3.8) is 0 Å². The van der Waals surface area contributed by atoms with E-state index < -0.39 is 0 Å². The summed E-state index contributed by atoms with van der Waals surface area (Å²) in [5.41, 5.74) is 7.80. The van der Waals surface area contributed by atoms with Gasteiger partial charge in [-0.2, -0.15) is 0 Å². The monoisotopic (exact) mass is 442 g/mol. The Hall–Kier alpha value is -2.69.